The summed E-state index contributed by atoms with van der Waals surface area (Å²) in [5.74, 6) is -0.146. The number of hydrogen-bond acceptors (Lipinski definition) is 7. The van der Waals surface area contributed by atoms with E-state index in [1.54, 1.807) is 19.2 Å². The van der Waals surface area contributed by atoms with Crippen LogP contribution < -0.4 is 10.6 Å². The highest BCUT2D eigenvalue weighted by Gasteiger charge is 2.08. The number of anilines is 2. The quantitative estimate of drug-likeness (QED) is 0.566. The Balaban J connectivity index is 1.80. The summed E-state index contributed by atoms with van der Waals surface area (Å²) in [5, 5.41) is 14.2. The van der Waals surface area contributed by atoms with Crippen LogP contribution in [0.4, 0.5) is 15.2 Å². The molecule has 9 heteroatoms. The van der Waals surface area contributed by atoms with Gasteiger partial charge in [0.05, 0.1) is 12.4 Å². The summed E-state index contributed by atoms with van der Waals surface area (Å²) in [5.41, 5.74) is 0.602. The van der Waals surface area contributed by atoms with Gasteiger partial charge in [-0.3, -0.25) is 4.79 Å². The lowest BCUT2D eigenvalue weighted by Gasteiger charge is -2.02. The van der Waals surface area contributed by atoms with E-state index in [4.69, 9.17) is 4.74 Å². The summed E-state index contributed by atoms with van der Waals surface area (Å²) in [7, 11) is 1.58. The third-order valence-electron chi connectivity index (χ3n) is 2.44. The van der Waals surface area contributed by atoms with Crippen LogP contribution in [0.25, 0.3) is 0 Å². The fourth-order valence-corrected chi connectivity index (χ4v) is 3.08. The number of hydrogen-bond donors (Lipinski definition) is 2. The molecule has 22 heavy (non-hydrogen) atoms. The summed E-state index contributed by atoms with van der Waals surface area (Å²) < 4.78 is 18.6. The molecule has 1 heterocycles. The first kappa shape index (κ1) is 16.7. The van der Waals surface area contributed by atoms with Crippen LogP contribution in [0.2, 0.25) is 0 Å². The lowest BCUT2D eigenvalue weighted by Crippen LogP contribution is -2.28. The normalized spacial score (nSPS) is 10.5. The van der Waals surface area contributed by atoms with Crippen molar-refractivity contribution in [1.82, 2.24) is 15.5 Å². The third kappa shape index (κ3) is 5.58. The number of halogens is 1. The molecule has 0 bridgehead atoms. The molecule has 0 fully saturated rings. The second-order valence-electron chi connectivity index (χ2n) is 4.14. The Morgan fingerprint density at radius 3 is 3.09 bits per heavy atom. The second kappa shape index (κ2) is 8.66. The maximum absolute atomic E-state index is 13.1. The van der Waals surface area contributed by atoms with Crippen molar-refractivity contribution < 1.29 is 13.9 Å². The number of rotatable bonds is 8. The molecule has 0 saturated carbocycles. The van der Waals surface area contributed by atoms with Gasteiger partial charge in [-0.1, -0.05) is 29.2 Å². The maximum atomic E-state index is 13.1. The van der Waals surface area contributed by atoms with E-state index in [-0.39, 0.29) is 17.5 Å². The van der Waals surface area contributed by atoms with E-state index >= 15 is 0 Å². The van der Waals surface area contributed by atoms with Crippen molar-refractivity contribution in [2.45, 2.75) is 4.34 Å². The van der Waals surface area contributed by atoms with Gasteiger partial charge < -0.3 is 15.4 Å². The molecule has 0 aliphatic carbocycles. The Morgan fingerprint density at radius 1 is 1.45 bits per heavy atom. The van der Waals surface area contributed by atoms with Crippen molar-refractivity contribution in [1.29, 1.82) is 0 Å². The average Bonchev–Trinajstić information content (AvgIpc) is 2.93. The highest BCUT2D eigenvalue weighted by molar-refractivity contribution is 8.01. The van der Waals surface area contributed by atoms with Gasteiger partial charge in [0.2, 0.25) is 11.0 Å². The molecule has 2 rings (SSSR count). The van der Waals surface area contributed by atoms with Crippen LogP contribution >= 0.6 is 23.1 Å². The standard InChI is InChI=1S/C13H15FN4O2S2/c1-20-6-5-15-11(19)8-21-13-18-17-12(22-13)16-10-4-2-3-9(14)7-10/h2-4,7H,5-6,8H2,1H3,(H,15,19)(H,16,17). The summed E-state index contributed by atoms with van der Waals surface area (Å²) in [6.45, 7) is 0.968. The Kier molecular flexibility index (Phi) is 6.56. The molecule has 2 aromatic rings. The first-order valence-corrected chi connectivity index (χ1v) is 8.22. The zero-order chi connectivity index (χ0) is 15.8. The number of amides is 1. The smallest absolute Gasteiger partial charge is 0.230 e. The molecule has 0 aliphatic heterocycles. The van der Waals surface area contributed by atoms with Gasteiger partial charge in [0.15, 0.2) is 4.34 Å². The summed E-state index contributed by atoms with van der Waals surface area (Å²) in [6, 6.07) is 6.09. The molecule has 0 atom stereocenters. The fourth-order valence-electron chi connectivity index (χ4n) is 1.48. The highest BCUT2D eigenvalue weighted by Crippen LogP contribution is 2.27. The predicted molar refractivity (Wildman–Crippen MR) is 85.2 cm³/mol. The average molecular weight is 342 g/mol. The van der Waals surface area contributed by atoms with E-state index in [0.29, 0.717) is 28.3 Å². The van der Waals surface area contributed by atoms with Crippen LogP contribution in [0.3, 0.4) is 0 Å². The van der Waals surface area contributed by atoms with Gasteiger partial charge in [-0.25, -0.2) is 4.39 Å². The van der Waals surface area contributed by atoms with Crippen LogP contribution in [0.5, 0.6) is 0 Å². The van der Waals surface area contributed by atoms with E-state index in [1.165, 1.54) is 35.2 Å². The van der Waals surface area contributed by atoms with E-state index in [1.807, 2.05) is 0 Å². The molecule has 0 saturated heterocycles. The Hall–Kier alpha value is -1.71. The molecular formula is C13H15FN4O2S2. The van der Waals surface area contributed by atoms with Crippen LogP contribution in [-0.4, -0.2) is 42.1 Å². The largest absolute Gasteiger partial charge is 0.383 e. The molecule has 1 amide bonds. The van der Waals surface area contributed by atoms with Crippen molar-refractivity contribution in [3.05, 3.63) is 30.1 Å². The zero-order valence-electron chi connectivity index (χ0n) is 11.8. The number of nitrogens with zero attached hydrogens (tertiary/aromatic N) is 2. The first-order chi connectivity index (χ1) is 10.7. The van der Waals surface area contributed by atoms with Gasteiger partial charge >= 0.3 is 0 Å². The lowest BCUT2D eigenvalue weighted by atomic mass is 10.3. The van der Waals surface area contributed by atoms with Gasteiger partial charge in [-0.2, -0.15) is 0 Å². The minimum atomic E-state index is -0.322. The minimum Gasteiger partial charge on any atom is -0.383 e. The Labute approximate surface area is 135 Å². The molecule has 0 radical (unpaired) electrons. The van der Waals surface area contributed by atoms with Crippen molar-refractivity contribution in [3.63, 3.8) is 0 Å². The molecule has 1 aromatic carbocycles. The molecule has 0 aliphatic rings. The van der Waals surface area contributed by atoms with Gasteiger partial charge in [0, 0.05) is 19.3 Å². The van der Waals surface area contributed by atoms with Crippen molar-refractivity contribution >= 4 is 39.8 Å². The summed E-state index contributed by atoms with van der Waals surface area (Å²) >= 11 is 2.61. The van der Waals surface area contributed by atoms with E-state index in [9.17, 15) is 9.18 Å². The SMILES string of the molecule is COCCNC(=O)CSc1nnc(Nc2cccc(F)c2)s1. The first-order valence-electron chi connectivity index (χ1n) is 6.42. The van der Waals surface area contributed by atoms with E-state index in [2.05, 4.69) is 20.8 Å². The van der Waals surface area contributed by atoms with Gasteiger partial charge in [-0.05, 0) is 18.2 Å². The fraction of sp³-hybridized carbons (Fsp3) is 0.308. The number of methoxy groups -OCH3 is 1. The van der Waals surface area contributed by atoms with Crippen molar-refractivity contribution in [3.8, 4) is 0 Å². The molecule has 1 aromatic heterocycles. The molecule has 0 spiro atoms. The Bertz CT molecular complexity index is 624. The summed E-state index contributed by atoms with van der Waals surface area (Å²) in [6.07, 6.45) is 0. The number of nitrogens with one attached hydrogen (secondary N) is 2. The molecule has 2 N–H and O–H groups in total. The Morgan fingerprint density at radius 2 is 2.32 bits per heavy atom. The van der Waals surface area contributed by atoms with Crippen molar-refractivity contribution in [2.24, 2.45) is 0 Å². The van der Waals surface area contributed by atoms with Gasteiger partial charge in [-0.15, -0.1) is 10.2 Å². The van der Waals surface area contributed by atoms with Crippen LogP contribution in [0, 0.1) is 5.82 Å². The maximum Gasteiger partial charge on any atom is 0.230 e. The predicted octanol–water partition coefficient (Wildman–Crippen LogP) is 2.28. The zero-order valence-corrected chi connectivity index (χ0v) is 13.5. The number of carbonyl (C=O) groups is 1. The number of ether oxygens (including phenoxy) is 1. The highest BCUT2D eigenvalue weighted by atomic mass is 32.2. The van der Waals surface area contributed by atoms with Crippen molar-refractivity contribution in [2.75, 3.05) is 31.3 Å². The van der Waals surface area contributed by atoms with Gasteiger partial charge in [0.1, 0.15) is 5.82 Å². The molecule has 6 nitrogen and oxygen atoms in total. The number of benzene rings is 1. The number of aromatic nitrogens is 2. The number of carbonyl (C=O) groups excluding carboxylic acids is 1. The summed E-state index contributed by atoms with van der Waals surface area (Å²) in [4.78, 5) is 11.5. The third-order valence-corrected chi connectivity index (χ3v) is 4.41. The minimum absolute atomic E-state index is 0.0862. The van der Waals surface area contributed by atoms with E-state index in [0.717, 1.165) is 0 Å². The van der Waals surface area contributed by atoms with E-state index < -0.39 is 0 Å². The topological polar surface area (TPSA) is 76.1 Å². The van der Waals surface area contributed by atoms with Crippen LogP contribution in [0.1, 0.15) is 0 Å². The number of thioether (sulfide) groups is 1. The van der Waals surface area contributed by atoms with Crippen LogP contribution in [-0.2, 0) is 9.53 Å². The lowest BCUT2D eigenvalue weighted by molar-refractivity contribution is -0.118. The monoisotopic (exact) mass is 342 g/mol. The molecule has 0 unspecified atom stereocenters. The van der Waals surface area contributed by atoms with Crippen LogP contribution in [0.15, 0.2) is 28.6 Å². The molecular weight excluding hydrogens is 327 g/mol. The molecule has 118 valence electrons. The van der Waals surface area contributed by atoms with Gasteiger partial charge in [0.25, 0.3) is 0 Å². The second-order valence-corrected chi connectivity index (χ2v) is 6.34.